The minimum Gasteiger partial charge on any atom is -0.392 e. The van der Waals surface area contributed by atoms with E-state index in [0.717, 1.165) is 16.8 Å². The standard InChI is InChI=1S/C20H24N2O2.ClH/c1-20(2,3)21-12-14(23)13-24-22-19-17-10-6-4-8-15(17)16-9-5-7-11-18(16)19;/h4-11,14,21,23H,12-13H2,1-3H3;1H. The third-order valence-corrected chi connectivity index (χ3v) is 3.95. The zero-order valence-electron chi connectivity index (χ0n) is 14.8. The Balaban J connectivity index is 0.00000225. The molecule has 0 bridgehead atoms. The van der Waals surface area contributed by atoms with Crippen molar-refractivity contribution in [3.63, 3.8) is 0 Å². The van der Waals surface area contributed by atoms with Crippen LogP contribution >= 0.6 is 12.4 Å². The summed E-state index contributed by atoms with van der Waals surface area (Å²) in [6.07, 6.45) is -0.597. The van der Waals surface area contributed by atoms with Crippen LogP contribution in [0.25, 0.3) is 11.1 Å². The molecule has 0 saturated heterocycles. The Hall–Kier alpha value is -1.88. The van der Waals surface area contributed by atoms with E-state index < -0.39 is 6.10 Å². The Bertz CT molecular complexity index is 706. The van der Waals surface area contributed by atoms with E-state index in [1.807, 2.05) is 24.3 Å². The lowest BCUT2D eigenvalue weighted by molar-refractivity contribution is 0.0374. The van der Waals surface area contributed by atoms with Crippen molar-refractivity contribution >= 4 is 18.1 Å². The molecule has 0 aromatic heterocycles. The average Bonchev–Trinajstić information content (AvgIpc) is 2.87. The van der Waals surface area contributed by atoms with Gasteiger partial charge in [0.05, 0.1) is 0 Å². The Kier molecular flexibility index (Phi) is 6.22. The van der Waals surface area contributed by atoms with Gasteiger partial charge in [0.25, 0.3) is 0 Å². The maximum Gasteiger partial charge on any atom is 0.144 e. The summed E-state index contributed by atoms with van der Waals surface area (Å²) >= 11 is 0. The number of fused-ring (bicyclic) bond motifs is 3. The number of hydrogen-bond donors (Lipinski definition) is 2. The molecule has 25 heavy (non-hydrogen) atoms. The number of aliphatic hydroxyl groups excluding tert-OH is 1. The second-order valence-corrected chi connectivity index (χ2v) is 7.11. The summed E-state index contributed by atoms with van der Waals surface area (Å²) in [6.45, 7) is 6.83. The molecule has 1 unspecified atom stereocenters. The van der Waals surface area contributed by atoms with E-state index in [9.17, 15) is 5.11 Å². The number of benzene rings is 2. The maximum atomic E-state index is 10.0. The normalized spacial score (nSPS) is 13.5. The molecule has 2 aromatic rings. The van der Waals surface area contributed by atoms with Crippen molar-refractivity contribution < 1.29 is 9.94 Å². The second kappa shape index (κ2) is 8.00. The van der Waals surface area contributed by atoms with Crippen LogP contribution < -0.4 is 5.32 Å². The van der Waals surface area contributed by atoms with E-state index in [1.165, 1.54) is 11.1 Å². The van der Waals surface area contributed by atoms with Gasteiger partial charge in [-0.15, -0.1) is 12.4 Å². The van der Waals surface area contributed by atoms with Crippen LogP contribution in [-0.2, 0) is 4.84 Å². The number of halogens is 1. The van der Waals surface area contributed by atoms with Crippen LogP contribution in [0.4, 0.5) is 0 Å². The topological polar surface area (TPSA) is 53.8 Å². The summed E-state index contributed by atoms with van der Waals surface area (Å²) in [5, 5.41) is 17.6. The van der Waals surface area contributed by atoms with Crippen LogP contribution in [0.3, 0.4) is 0 Å². The summed E-state index contributed by atoms with van der Waals surface area (Å²) in [5.74, 6) is 0. The van der Waals surface area contributed by atoms with Crippen LogP contribution in [0.2, 0.25) is 0 Å². The highest BCUT2D eigenvalue weighted by Crippen LogP contribution is 2.36. The van der Waals surface area contributed by atoms with Gasteiger partial charge in [-0.1, -0.05) is 53.7 Å². The third-order valence-electron chi connectivity index (χ3n) is 3.95. The molecule has 1 aliphatic carbocycles. The second-order valence-electron chi connectivity index (χ2n) is 7.11. The predicted molar refractivity (Wildman–Crippen MR) is 104 cm³/mol. The van der Waals surface area contributed by atoms with E-state index in [0.29, 0.717) is 6.54 Å². The summed E-state index contributed by atoms with van der Waals surface area (Å²) in [6, 6.07) is 16.4. The SMILES string of the molecule is CC(C)(C)NCC(O)CON=C1c2ccccc2-c2ccccc21.Cl. The zero-order chi connectivity index (χ0) is 17.2. The molecule has 1 atom stereocenters. The molecule has 5 heteroatoms. The van der Waals surface area contributed by atoms with Gasteiger partial charge in [-0.2, -0.15) is 0 Å². The van der Waals surface area contributed by atoms with E-state index >= 15 is 0 Å². The first-order valence-corrected chi connectivity index (χ1v) is 8.28. The average molecular weight is 361 g/mol. The fraction of sp³-hybridized carbons (Fsp3) is 0.350. The molecule has 0 heterocycles. The van der Waals surface area contributed by atoms with E-state index in [1.54, 1.807) is 0 Å². The van der Waals surface area contributed by atoms with Crippen LogP contribution in [-0.4, -0.2) is 35.6 Å². The van der Waals surface area contributed by atoms with E-state index in [4.69, 9.17) is 4.84 Å². The van der Waals surface area contributed by atoms with Gasteiger partial charge < -0.3 is 15.3 Å². The highest BCUT2D eigenvalue weighted by molar-refractivity contribution is 6.24. The molecule has 134 valence electrons. The van der Waals surface area contributed by atoms with Gasteiger partial charge in [0.1, 0.15) is 18.4 Å². The Labute approximate surface area is 155 Å². The quantitative estimate of drug-likeness (QED) is 0.683. The highest BCUT2D eigenvalue weighted by atomic mass is 35.5. The lowest BCUT2D eigenvalue weighted by atomic mass is 10.1. The molecule has 4 nitrogen and oxygen atoms in total. The summed E-state index contributed by atoms with van der Waals surface area (Å²) in [7, 11) is 0. The third kappa shape index (κ3) is 4.60. The first-order chi connectivity index (χ1) is 11.5. The lowest BCUT2D eigenvalue weighted by Gasteiger charge is -2.22. The molecule has 0 saturated carbocycles. The van der Waals surface area contributed by atoms with Crippen molar-refractivity contribution in [1.82, 2.24) is 5.32 Å². The largest absolute Gasteiger partial charge is 0.392 e. The van der Waals surface area contributed by atoms with Gasteiger partial charge in [-0.3, -0.25) is 0 Å². The molecule has 0 aliphatic heterocycles. The van der Waals surface area contributed by atoms with Crippen LogP contribution in [0.15, 0.2) is 53.7 Å². The molecule has 2 N–H and O–H groups in total. The monoisotopic (exact) mass is 360 g/mol. The van der Waals surface area contributed by atoms with Gasteiger partial charge in [0.15, 0.2) is 0 Å². The number of aliphatic hydroxyl groups is 1. The van der Waals surface area contributed by atoms with Crippen molar-refractivity contribution in [2.45, 2.75) is 32.4 Å². The molecular weight excluding hydrogens is 336 g/mol. The smallest absolute Gasteiger partial charge is 0.144 e. The first kappa shape index (κ1) is 19.4. The van der Waals surface area contributed by atoms with Crippen LogP contribution in [0.5, 0.6) is 0 Å². The summed E-state index contributed by atoms with van der Waals surface area (Å²) < 4.78 is 0. The van der Waals surface area contributed by atoms with Gasteiger partial charge in [-0.05, 0) is 31.9 Å². The van der Waals surface area contributed by atoms with Gasteiger partial charge >= 0.3 is 0 Å². The lowest BCUT2D eigenvalue weighted by Crippen LogP contribution is -2.42. The van der Waals surface area contributed by atoms with Crippen molar-refractivity contribution in [2.75, 3.05) is 13.2 Å². The first-order valence-electron chi connectivity index (χ1n) is 8.28. The van der Waals surface area contributed by atoms with E-state index in [2.05, 4.69) is 55.5 Å². The molecule has 0 radical (unpaired) electrons. The number of hydrogen-bond acceptors (Lipinski definition) is 4. The number of nitrogens with one attached hydrogen (secondary N) is 1. The van der Waals surface area contributed by atoms with Gasteiger partial charge in [0.2, 0.25) is 0 Å². The fourth-order valence-corrected chi connectivity index (χ4v) is 2.76. The Morgan fingerprint density at radius 2 is 1.44 bits per heavy atom. The minimum atomic E-state index is -0.597. The highest BCUT2D eigenvalue weighted by Gasteiger charge is 2.24. The van der Waals surface area contributed by atoms with Crippen LogP contribution in [0.1, 0.15) is 31.9 Å². The molecule has 0 amide bonds. The summed E-state index contributed by atoms with van der Waals surface area (Å²) in [4.78, 5) is 5.46. The van der Waals surface area contributed by atoms with Crippen molar-refractivity contribution in [3.05, 3.63) is 59.7 Å². The molecule has 2 aromatic carbocycles. The molecule has 0 fully saturated rings. The van der Waals surface area contributed by atoms with Crippen molar-refractivity contribution in [2.24, 2.45) is 5.16 Å². The molecule has 0 spiro atoms. The number of rotatable bonds is 5. The Morgan fingerprint density at radius 3 is 1.92 bits per heavy atom. The molecule has 3 rings (SSSR count). The van der Waals surface area contributed by atoms with Crippen molar-refractivity contribution in [1.29, 1.82) is 0 Å². The van der Waals surface area contributed by atoms with Crippen LogP contribution in [0, 0.1) is 0 Å². The van der Waals surface area contributed by atoms with E-state index in [-0.39, 0.29) is 24.6 Å². The maximum absolute atomic E-state index is 10.0. The number of oxime groups is 1. The number of nitrogens with zero attached hydrogens (tertiary/aromatic N) is 1. The zero-order valence-corrected chi connectivity index (χ0v) is 15.6. The van der Waals surface area contributed by atoms with Gasteiger partial charge in [0, 0.05) is 23.2 Å². The Morgan fingerprint density at radius 1 is 0.960 bits per heavy atom. The number of β-amino-alcohol motifs (C(OH)–C–C–N with tert-alkyl or cyclic N) is 1. The fourth-order valence-electron chi connectivity index (χ4n) is 2.76. The van der Waals surface area contributed by atoms with Gasteiger partial charge in [-0.25, -0.2) is 0 Å². The van der Waals surface area contributed by atoms with Crippen molar-refractivity contribution in [3.8, 4) is 11.1 Å². The predicted octanol–water partition coefficient (Wildman–Crippen LogP) is 3.61. The minimum absolute atomic E-state index is 0. The molecular formula is C20H25ClN2O2. The summed E-state index contributed by atoms with van der Waals surface area (Å²) in [5.41, 5.74) is 5.28. The molecule has 1 aliphatic rings.